The van der Waals surface area contributed by atoms with Gasteiger partial charge in [0.25, 0.3) is 0 Å². The van der Waals surface area contributed by atoms with Crippen molar-refractivity contribution in [3.8, 4) is 5.69 Å². The Morgan fingerprint density at radius 1 is 1.38 bits per heavy atom. The molecule has 0 unspecified atom stereocenters. The Bertz CT molecular complexity index is 571. The number of ether oxygens (including phenoxy) is 1. The molecule has 112 valence electrons. The topological polar surface area (TPSA) is 50.5 Å². The van der Waals surface area contributed by atoms with Crippen molar-refractivity contribution in [2.24, 2.45) is 0 Å². The number of benzene rings is 1. The van der Waals surface area contributed by atoms with Crippen molar-refractivity contribution in [1.82, 2.24) is 14.7 Å². The molecule has 0 spiro atoms. The largest absolute Gasteiger partial charge is 0.389 e. The fraction of sp³-hybridized carbons (Fsp3) is 0.438. The number of nitrogens with zero attached hydrogens (tertiary/aromatic N) is 3. The smallest absolute Gasteiger partial charge is 0.0950 e. The van der Waals surface area contributed by atoms with Gasteiger partial charge in [0, 0.05) is 18.9 Å². The molecule has 0 amide bonds. The minimum absolute atomic E-state index is 0.0864. The Morgan fingerprint density at radius 3 is 2.95 bits per heavy atom. The lowest BCUT2D eigenvalue weighted by Gasteiger charge is -2.28. The second-order valence-corrected chi connectivity index (χ2v) is 5.36. The molecular weight excluding hydrogens is 266 g/mol. The standard InChI is InChI=1S/C16H21N3O2/c1-2-18(15-11-21-12-16(15)20)10-13-5-3-6-14(9-13)19-8-4-7-17-19/h3-9,15-16,20H,2,10-12H2,1H3/t15-,16-/m1/s1. The molecule has 1 aromatic carbocycles. The third kappa shape index (κ3) is 3.15. The Kier molecular flexibility index (Phi) is 4.34. The average Bonchev–Trinajstić information content (AvgIpc) is 3.17. The molecule has 5 nitrogen and oxygen atoms in total. The van der Waals surface area contributed by atoms with E-state index in [4.69, 9.17) is 4.74 Å². The number of aliphatic hydroxyl groups is 1. The first kappa shape index (κ1) is 14.3. The second kappa shape index (κ2) is 6.39. The van der Waals surface area contributed by atoms with E-state index in [1.807, 2.05) is 29.1 Å². The molecule has 1 aliphatic rings. The zero-order valence-corrected chi connectivity index (χ0v) is 12.2. The number of rotatable bonds is 5. The quantitative estimate of drug-likeness (QED) is 0.904. The Hall–Kier alpha value is -1.69. The lowest BCUT2D eigenvalue weighted by molar-refractivity contribution is 0.0808. The molecule has 0 saturated carbocycles. The van der Waals surface area contributed by atoms with Gasteiger partial charge < -0.3 is 9.84 Å². The molecular formula is C16H21N3O2. The van der Waals surface area contributed by atoms with Gasteiger partial charge in [0.2, 0.25) is 0 Å². The predicted octanol–water partition coefficient (Wildman–Crippen LogP) is 1.45. The molecule has 3 rings (SSSR count). The highest BCUT2D eigenvalue weighted by Crippen LogP contribution is 2.18. The van der Waals surface area contributed by atoms with Crippen LogP contribution >= 0.6 is 0 Å². The zero-order valence-electron chi connectivity index (χ0n) is 12.2. The number of hydrogen-bond acceptors (Lipinski definition) is 4. The summed E-state index contributed by atoms with van der Waals surface area (Å²) in [6, 6.07) is 10.3. The van der Waals surface area contributed by atoms with Crippen LogP contribution in [0.15, 0.2) is 42.7 Å². The van der Waals surface area contributed by atoms with Gasteiger partial charge in [-0.1, -0.05) is 19.1 Å². The molecule has 2 atom stereocenters. The van der Waals surface area contributed by atoms with Crippen LogP contribution in [-0.4, -0.2) is 51.7 Å². The normalized spacial score (nSPS) is 22.0. The minimum atomic E-state index is -0.390. The summed E-state index contributed by atoms with van der Waals surface area (Å²) in [5.41, 5.74) is 2.26. The van der Waals surface area contributed by atoms with Crippen molar-refractivity contribution in [2.45, 2.75) is 25.6 Å². The maximum atomic E-state index is 9.99. The van der Waals surface area contributed by atoms with Crippen molar-refractivity contribution < 1.29 is 9.84 Å². The Balaban J connectivity index is 1.76. The number of hydrogen-bond donors (Lipinski definition) is 1. The molecule has 1 aliphatic heterocycles. The summed E-state index contributed by atoms with van der Waals surface area (Å²) >= 11 is 0. The van der Waals surface area contributed by atoms with Gasteiger partial charge in [0.05, 0.1) is 31.0 Å². The van der Waals surface area contributed by atoms with Gasteiger partial charge in [-0.05, 0) is 30.3 Å². The summed E-state index contributed by atoms with van der Waals surface area (Å²) in [5, 5.41) is 14.3. The maximum absolute atomic E-state index is 9.99. The first-order valence-electron chi connectivity index (χ1n) is 7.36. The molecule has 1 fully saturated rings. The number of aliphatic hydroxyl groups excluding tert-OH is 1. The van der Waals surface area contributed by atoms with E-state index < -0.39 is 0 Å². The summed E-state index contributed by atoms with van der Waals surface area (Å²) in [4.78, 5) is 2.26. The van der Waals surface area contributed by atoms with E-state index in [2.05, 4.69) is 29.1 Å². The molecule has 0 bridgehead atoms. The van der Waals surface area contributed by atoms with Crippen LogP contribution in [0.1, 0.15) is 12.5 Å². The maximum Gasteiger partial charge on any atom is 0.0950 e. The number of likely N-dealkylation sites (N-methyl/N-ethyl adjacent to an activating group) is 1. The SMILES string of the molecule is CCN(Cc1cccc(-n2cccn2)c1)[C@@H]1COC[C@H]1O. The van der Waals surface area contributed by atoms with Gasteiger partial charge in [-0.3, -0.25) is 4.90 Å². The van der Waals surface area contributed by atoms with Crippen LogP contribution in [0.3, 0.4) is 0 Å². The summed E-state index contributed by atoms with van der Waals surface area (Å²) in [6.07, 6.45) is 3.32. The fourth-order valence-corrected chi connectivity index (χ4v) is 2.80. The van der Waals surface area contributed by atoms with E-state index in [-0.39, 0.29) is 12.1 Å². The predicted molar refractivity (Wildman–Crippen MR) is 80.3 cm³/mol. The van der Waals surface area contributed by atoms with Crippen molar-refractivity contribution in [2.75, 3.05) is 19.8 Å². The molecule has 2 heterocycles. The first-order valence-corrected chi connectivity index (χ1v) is 7.36. The van der Waals surface area contributed by atoms with E-state index in [9.17, 15) is 5.11 Å². The molecule has 1 N–H and O–H groups in total. The van der Waals surface area contributed by atoms with Crippen molar-refractivity contribution in [3.05, 3.63) is 48.3 Å². The highest BCUT2D eigenvalue weighted by atomic mass is 16.5. The van der Waals surface area contributed by atoms with Crippen LogP contribution in [0.4, 0.5) is 0 Å². The fourth-order valence-electron chi connectivity index (χ4n) is 2.80. The van der Waals surface area contributed by atoms with Crippen molar-refractivity contribution in [1.29, 1.82) is 0 Å². The molecule has 1 saturated heterocycles. The average molecular weight is 287 g/mol. The van der Waals surface area contributed by atoms with E-state index in [1.54, 1.807) is 6.20 Å². The van der Waals surface area contributed by atoms with E-state index in [1.165, 1.54) is 5.56 Å². The van der Waals surface area contributed by atoms with Crippen LogP contribution in [-0.2, 0) is 11.3 Å². The molecule has 1 aromatic heterocycles. The first-order chi connectivity index (χ1) is 10.3. The summed E-state index contributed by atoms with van der Waals surface area (Å²) in [6.45, 7) is 4.85. The van der Waals surface area contributed by atoms with Crippen LogP contribution in [0, 0.1) is 0 Å². The van der Waals surface area contributed by atoms with Crippen LogP contribution in [0.25, 0.3) is 5.69 Å². The van der Waals surface area contributed by atoms with Gasteiger partial charge in [-0.15, -0.1) is 0 Å². The Morgan fingerprint density at radius 2 is 2.29 bits per heavy atom. The third-order valence-electron chi connectivity index (χ3n) is 3.96. The Labute approximate surface area is 124 Å². The molecule has 21 heavy (non-hydrogen) atoms. The number of aromatic nitrogens is 2. The van der Waals surface area contributed by atoms with Crippen LogP contribution < -0.4 is 0 Å². The van der Waals surface area contributed by atoms with Gasteiger partial charge >= 0.3 is 0 Å². The summed E-state index contributed by atoms with van der Waals surface area (Å²) < 4.78 is 7.22. The van der Waals surface area contributed by atoms with Gasteiger partial charge in [0.15, 0.2) is 0 Å². The highest BCUT2D eigenvalue weighted by Gasteiger charge is 2.30. The third-order valence-corrected chi connectivity index (χ3v) is 3.96. The highest BCUT2D eigenvalue weighted by molar-refractivity contribution is 5.35. The van der Waals surface area contributed by atoms with E-state index >= 15 is 0 Å². The monoisotopic (exact) mass is 287 g/mol. The molecule has 5 heteroatoms. The van der Waals surface area contributed by atoms with Crippen LogP contribution in [0.5, 0.6) is 0 Å². The minimum Gasteiger partial charge on any atom is -0.389 e. The molecule has 0 aliphatic carbocycles. The molecule has 0 radical (unpaired) electrons. The zero-order chi connectivity index (χ0) is 14.7. The van der Waals surface area contributed by atoms with Gasteiger partial charge in [0.1, 0.15) is 0 Å². The summed E-state index contributed by atoms with van der Waals surface area (Å²) in [7, 11) is 0. The lowest BCUT2D eigenvalue weighted by Crippen LogP contribution is -2.42. The van der Waals surface area contributed by atoms with Gasteiger partial charge in [-0.25, -0.2) is 4.68 Å². The molecule has 2 aromatic rings. The second-order valence-electron chi connectivity index (χ2n) is 5.36. The van der Waals surface area contributed by atoms with Crippen LogP contribution in [0.2, 0.25) is 0 Å². The van der Waals surface area contributed by atoms with Gasteiger partial charge in [-0.2, -0.15) is 5.10 Å². The van der Waals surface area contributed by atoms with Crippen molar-refractivity contribution in [3.63, 3.8) is 0 Å². The van der Waals surface area contributed by atoms with E-state index in [0.717, 1.165) is 18.8 Å². The lowest BCUT2D eigenvalue weighted by atomic mass is 10.1. The van der Waals surface area contributed by atoms with E-state index in [0.29, 0.717) is 13.2 Å². The van der Waals surface area contributed by atoms with Crippen molar-refractivity contribution >= 4 is 0 Å². The summed E-state index contributed by atoms with van der Waals surface area (Å²) in [5.74, 6) is 0.